The van der Waals surface area contributed by atoms with Crippen LogP contribution in [-0.2, 0) is 4.79 Å². The number of carbonyl (C=O) groups is 1. The average molecular weight is 136 g/mol. The highest BCUT2D eigenvalue weighted by molar-refractivity contribution is 5.99. The Bertz CT molecular complexity index is 244. The molecule has 0 saturated heterocycles. The number of Topliss-reactive ketones (excluding diaryl/α,β-unsaturated/α-hetero) is 1. The number of ketones is 1. The highest BCUT2D eigenvalue weighted by Crippen LogP contribution is 2.17. The molecule has 0 amide bonds. The third kappa shape index (κ3) is 1.00. The molecule has 0 spiro atoms. The van der Waals surface area contributed by atoms with Crippen LogP contribution in [-0.4, -0.2) is 10.9 Å². The van der Waals surface area contributed by atoms with Gasteiger partial charge in [0.05, 0.1) is 6.26 Å². The second-order valence-electron chi connectivity index (χ2n) is 2.08. The summed E-state index contributed by atoms with van der Waals surface area (Å²) in [5, 5.41) is 8.58. The van der Waals surface area contributed by atoms with Crippen molar-refractivity contribution >= 4 is 5.78 Å². The Morgan fingerprint density at radius 1 is 1.70 bits per heavy atom. The molecule has 1 aliphatic carbocycles. The summed E-state index contributed by atoms with van der Waals surface area (Å²) in [5.74, 6) is -0.0229. The molecule has 10 heavy (non-hydrogen) atoms. The number of aliphatic hydroxyl groups excluding tert-OH is 1. The van der Waals surface area contributed by atoms with Crippen molar-refractivity contribution in [3.8, 4) is 0 Å². The maximum absolute atomic E-state index is 10.8. The lowest BCUT2D eigenvalue weighted by atomic mass is 10.1. The first-order valence-electron chi connectivity index (χ1n) is 3.00. The molecular weight excluding hydrogens is 128 g/mol. The minimum absolute atomic E-state index is 0.0229. The van der Waals surface area contributed by atoms with Gasteiger partial charge >= 0.3 is 0 Å². The molecule has 0 aromatic rings. The highest BCUT2D eigenvalue weighted by atomic mass is 16.2. The molecular formula is C8H8O2. The minimum atomic E-state index is -0.0229. The van der Waals surface area contributed by atoms with Gasteiger partial charge in [0.1, 0.15) is 0 Å². The van der Waals surface area contributed by atoms with Crippen LogP contribution >= 0.6 is 0 Å². The molecule has 2 heteroatoms. The van der Waals surface area contributed by atoms with E-state index in [0.717, 1.165) is 6.26 Å². The number of allylic oxidation sites excluding steroid dienone is 5. The summed E-state index contributed by atoms with van der Waals surface area (Å²) in [6.45, 7) is 1.47. The van der Waals surface area contributed by atoms with Gasteiger partial charge in [0, 0.05) is 11.1 Å². The molecule has 0 aromatic carbocycles. The van der Waals surface area contributed by atoms with E-state index in [1.807, 2.05) is 0 Å². The molecule has 1 aliphatic rings. The van der Waals surface area contributed by atoms with Gasteiger partial charge in [-0.15, -0.1) is 0 Å². The first kappa shape index (κ1) is 6.81. The Kier molecular flexibility index (Phi) is 1.71. The van der Waals surface area contributed by atoms with Crippen molar-refractivity contribution < 1.29 is 9.90 Å². The number of hydrogen-bond donors (Lipinski definition) is 1. The third-order valence-corrected chi connectivity index (χ3v) is 1.37. The first-order valence-corrected chi connectivity index (χ1v) is 3.00. The van der Waals surface area contributed by atoms with Gasteiger partial charge in [-0.1, -0.05) is 18.2 Å². The van der Waals surface area contributed by atoms with Gasteiger partial charge in [0.15, 0.2) is 5.78 Å². The van der Waals surface area contributed by atoms with Crippen molar-refractivity contribution in [2.45, 2.75) is 6.92 Å². The summed E-state index contributed by atoms with van der Waals surface area (Å²) in [6.07, 6.45) is 6.05. The van der Waals surface area contributed by atoms with Crippen LogP contribution in [0.25, 0.3) is 0 Å². The Hall–Kier alpha value is -1.31. The van der Waals surface area contributed by atoms with Gasteiger partial charge in [0.2, 0.25) is 0 Å². The maximum atomic E-state index is 10.8. The van der Waals surface area contributed by atoms with Crippen LogP contribution in [0.5, 0.6) is 0 Å². The Labute approximate surface area is 59.2 Å². The van der Waals surface area contributed by atoms with Crippen molar-refractivity contribution in [1.29, 1.82) is 0 Å². The number of rotatable bonds is 1. The quantitative estimate of drug-likeness (QED) is 0.555. The predicted molar refractivity (Wildman–Crippen MR) is 38.6 cm³/mol. The van der Waals surface area contributed by atoms with Crippen LogP contribution in [0.2, 0.25) is 0 Å². The molecule has 0 unspecified atom stereocenters. The molecule has 0 radical (unpaired) electrons. The third-order valence-electron chi connectivity index (χ3n) is 1.37. The number of hydrogen-bond acceptors (Lipinski definition) is 2. The lowest BCUT2D eigenvalue weighted by Gasteiger charge is -1.95. The monoisotopic (exact) mass is 136 g/mol. The molecule has 2 nitrogen and oxygen atoms in total. The summed E-state index contributed by atoms with van der Waals surface area (Å²) in [6, 6.07) is 0. The van der Waals surface area contributed by atoms with E-state index in [2.05, 4.69) is 0 Å². The highest BCUT2D eigenvalue weighted by Gasteiger charge is 2.09. The lowest BCUT2D eigenvalue weighted by molar-refractivity contribution is -0.113. The smallest absolute Gasteiger partial charge is 0.160 e. The van der Waals surface area contributed by atoms with Crippen LogP contribution in [0, 0.1) is 0 Å². The zero-order chi connectivity index (χ0) is 7.56. The van der Waals surface area contributed by atoms with Crippen molar-refractivity contribution in [3.05, 3.63) is 35.6 Å². The molecule has 0 aromatic heterocycles. The van der Waals surface area contributed by atoms with Crippen molar-refractivity contribution in [2.75, 3.05) is 0 Å². The Morgan fingerprint density at radius 2 is 2.40 bits per heavy atom. The standard InChI is InChI=1S/C8H8O2/c1-6(10)8-4-2-3-7(8)5-9/h2-5,9H,1H3/b7-5-. The van der Waals surface area contributed by atoms with Crippen molar-refractivity contribution in [2.24, 2.45) is 0 Å². The van der Waals surface area contributed by atoms with Crippen molar-refractivity contribution in [3.63, 3.8) is 0 Å². The molecule has 52 valence electrons. The van der Waals surface area contributed by atoms with E-state index < -0.39 is 0 Å². The molecule has 0 heterocycles. The van der Waals surface area contributed by atoms with E-state index >= 15 is 0 Å². The van der Waals surface area contributed by atoms with Gasteiger partial charge in [-0.05, 0) is 6.92 Å². The SMILES string of the molecule is CC(=O)C1=CC=C/C1=C/O. The van der Waals surface area contributed by atoms with Crippen LogP contribution in [0.3, 0.4) is 0 Å². The maximum Gasteiger partial charge on any atom is 0.160 e. The van der Waals surface area contributed by atoms with E-state index in [-0.39, 0.29) is 5.78 Å². The summed E-state index contributed by atoms with van der Waals surface area (Å²) < 4.78 is 0. The Morgan fingerprint density at radius 3 is 2.80 bits per heavy atom. The minimum Gasteiger partial charge on any atom is -0.515 e. The first-order chi connectivity index (χ1) is 4.75. The molecule has 1 N–H and O–H groups in total. The summed E-state index contributed by atoms with van der Waals surface area (Å²) in [5.41, 5.74) is 1.16. The topological polar surface area (TPSA) is 37.3 Å². The van der Waals surface area contributed by atoms with Gasteiger partial charge in [-0.2, -0.15) is 0 Å². The number of aliphatic hydroxyl groups is 1. The largest absolute Gasteiger partial charge is 0.515 e. The molecule has 0 atom stereocenters. The average Bonchev–Trinajstić information content (AvgIpc) is 2.33. The summed E-state index contributed by atoms with van der Waals surface area (Å²) >= 11 is 0. The van der Waals surface area contributed by atoms with Crippen LogP contribution in [0.15, 0.2) is 35.6 Å². The normalized spacial score (nSPS) is 19.7. The second kappa shape index (κ2) is 2.52. The van der Waals surface area contributed by atoms with Crippen LogP contribution < -0.4 is 0 Å². The number of carbonyl (C=O) groups excluding carboxylic acids is 1. The van der Waals surface area contributed by atoms with Gasteiger partial charge in [-0.3, -0.25) is 4.79 Å². The van der Waals surface area contributed by atoms with Gasteiger partial charge in [0.25, 0.3) is 0 Å². The van der Waals surface area contributed by atoms with Gasteiger partial charge < -0.3 is 5.11 Å². The van der Waals surface area contributed by atoms with Crippen LogP contribution in [0.1, 0.15) is 6.92 Å². The zero-order valence-electron chi connectivity index (χ0n) is 5.66. The van der Waals surface area contributed by atoms with E-state index in [0.29, 0.717) is 11.1 Å². The molecule has 0 fully saturated rings. The lowest BCUT2D eigenvalue weighted by Crippen LogP contribution is -1.95. The fourth-order valence-electron chi connectivity index (χ4n) is 0.867. The Balaban J connectivity index is 2.93. The van der Waals surface area contributed by atoms with E-state index in [9.17, 15) is 4.79 Å². The predicted octanol–water partition coefficient (Wildman–Crippen LogP) is 1.51. The summed E-state index contributed by atoms with van der Waals surface area (Å²) in [4.78, 5) is 10.8. The molecule has 1 rings (SSSR count). The molecule has 0 aliphatic heterocycles. The van der Waals surface area contributed by atoms with Crippen molar-refractivity contribution in [1.82, 2.24) is 0 Å². The van der Waals surface area contributed by atoms with E-state index in [4.69, 9.17) is 5.11 Å². The fourth-order valence-corrected chi connectivity index (χ4v) is 0.867. The van der Waals surface area contributed by atoms with E-state index in [1.165, 1.54) is 6.92 Å². The van der Waals surface area contributed by atoms with Crippen LogP contribution in [0.4, 0.5) is 0 Å². The summed E-state index contributed by atoms with van der Waals surface area (Å²) in [7, 11) is 0. The fraction of sp³-hybridized carbons (Fsp3) is 0.125. The van der Waals surface area contributed by atoms with Gasteiger partial charge in [-0.25, -0.2) is 0 Å². The molecule has 0 saturated carbocycles. The zero-order valence-corrected chi connectivity index (χ0v) is 5.66. The molecule has 0 bridgehead atoms. The second-order valence-corrected chi connectivity index (χ2v) is 2.08. The van der Waals surface area contributed by atoms with E-state index in [1.54, 1.807) is 18.2 Å².